The first-order valence-electron chi connectivity index (χ1n) is 5.99. The van der Waals surface area contributed by atoms with Gasteiger partial charge in [-0.2, -0.15) is 0 Å². The molecule has 0 unspecified atom stereocenters. The van der Waals surface area contributed by atoms with Crippen molar-refractivity contribution in [3.05, 3.63) is 56.5 Å². The van der Waals surface area contributed by atoms with Gasteiger partial charge in [0.1, 0.15) is 5.03 Å². The van der Waals surface area contributed by atoms with E-state index in [0.29, 0.717) is 10.7 Å². The Balaban J connectivity index is 2.32. The van der Waals surface area contributed by atoms with Gasteiger partial charge >= 0.3 is 11.7 Å². The van der Waals surface area contributed by atoms with Crippen molar-refractivity contribution in [3.63, 3.8) is 0 Å². The third kappa shape index (κ3) is 3.05. The van der Waals surface area contributed by atoms with Crippen molar-refractivity contribution >= 4 is 17.7 Å². The first kappa shape index (κ1) is 15.0. The van der Waals surface area contributed by atoms with Gasteiger partial charge in [-0.05, 0) is 12.1 Å². The van der Waals surface area contributed by atoms with Crippen LogP contribution >= 0.6 is 11.8 Å². The Morgan fingerprint density at radius 1 is 1.33 bits per heavy atom. The molecule has 0 saturated heterocycles. The molecular weight excluding hydrogens is 294 g/mol. The molecule has 2 aromatic rings. The fraction of sp³-hybridized carbons (Fsp3) is 0.231. The van der Waals surface area contributed by atoms with E-state index in [4.69, 9.17) is 5.11 Å². The van der Waals surface area contributed by atoms with E-state index in [1.165, 1.54) is 41.7 Å². The van der Waals surface area contributed by atoms with Crippen LogP contribution in [0.4, 0.5) is 0 Å². The quantitative estimate of drug-likeness (QED) is 0.825. The first-order chi connectivity index (χ1) is 9.91. The molecule has 0 aliphatic heterocycles. The number of carbonyl (C=O) groups is 1. The Morgan fingerprint density at radius 3 is 2.71 bits per heavy atom. The van der Waals surface area contributed by atoms with Gasteiger partial charge in [0.05, 0.1) is 5.56 Å². The summed E-state index contributed by atoms with van der Waals surface area (Å²) in [5.41, 5.74) is -0.211. The van der Waals surface area contributed by atoms with Crippen LogP contribution in [0.5, 0.6) is 0 Å². The molecule has 8 heteroatoms. The Morgan fingerprint density at radius 2 is 2.05 bits per heavy atom. The molecule has 110 valence electrons. The van der Waals surface area contributed by atoms with Gasteiger partial charge in [-0.15, -0.1) is 0 Å². The van der Waals surface area contributed by atoms with Crippen molar-refractivity contribution in [2.24, 2.45) is 14.1 Å². The zero-order valence-corrected chi connectivity index (χ0v) is 12.3. The molecule has 0 aromatic carbocycles. The molecule has 2 aromatic heterocycles. The van der Waals surface area contributed by atoms with E-state index in [-0.39, 0.29) is 11.3 Å². The second-order valence-electron chi connectivity index (χ2n) is 4.32. The van der Waals surface area contributed by atoms with Crippen LogP contribution in [0.15, 0.2) is 39.0 Å². The lowest BCUT2D eigenvalue weighted by atomic mass is 10.3. The van der Waals surface area contributed by atoms with Crippen molar-refractivity contribution in [1.82, 2.24) is 14.1 Å². The molecule has 1 N–H and O–H groups in total. The standard InChI is InChI=1S/C13H13N3O4S/c1-15-8(6-10(17)16(2)13(15)20)7-21-11-9(12(18)19)4-3-5-14-11/h3-6H,7H2,1-2H3,(H,18,19). The summed E-state index contributed by atoms with van der Waals surface area (Å²) >= 11 is 1.17. The maximum absolute atomic E-state index is 11.8. The molecule has 7 nitrogen and oxygen atoms in total. The molecule has 0 radical (unpaired) electrons. The second-order valence-corrected chi connectivity index (χ2v) is 5.29. The SMILES string of the molecule is Cn1c(CSc2ncccc2C(=O)O)cc(=O)n(C)c1=O. The van der Waals surface area contributed by atoms with Gasteiger partial charge in [0.25, 0.3) is 5.56 Å². The lowest BCUT2D eigenvalue weighted by molar-refractivity contribution is 0.0692. The summed E-state index contributed by atoms with van der Waals surface area (Å²) in [5, 5.41) is 9.43. The number of nitrogens with zero attached hydrogens (tertiary/aromatic N) is 3. The average molecular weight is 307 g/mol. The highest BCUT2D eigenvalue weighted by Crippen LogP contribution is 2.23. The van der Waals surface area contributed by atoms with Gasteiger partial charge in [-0.3, -0.25) is 13.9 Å². The van der Waals surface area contributed by atoms with Crippen LogP contribution < -0.4 is 11.2 Å². The van der Waals surface area contributed by atoms with Crippen LogP contribution in [-0.4, -0.2) is 25.2 Å². The molecule has 0 saturated carbocycles. The Kier molecular flexibility index (Phi) is 4.27. The lowest BCUT2D eigenvalue weighted by Gasteiger charge is -2.09. The van der Waals surface area contributed by atoms with E-state index < -0.39 is 17.2 Å². The number of hydrogen-bond donors (Lipinski definition) is 1. The van der Waals surface area contributed by atoms with Crippen LogP contribution in [-0.2, 0) is 19.8 Å². The fourth-order valence-electron chi connectivity index (χ4n) is 1.73. The summed E-state index contributed by atoms with van der Waals surface area (Å²) in [4.78, 5) is 38.5. The van der Waals surface area contributed by atoms with Crippen molar-refractivity contribution in [3.8, 4) is 0 Å². The van der Waals surface area contributed by atoms with Crippen LogP contribution in [0.1, 0.15) is 16.1 Å². The molecule has 0 amide bonds. The predicted octanol–water partition coefficient (Wildman–Crippen LogP) is 0.470. The number of rotatable bonds is 4. The van der Waals surface area contributed by atoms with Crippen LogP contribution in [0.3, 0.4) is 0 Å². The smallest absolute Gasteiger partial charge is 0.338 e. The minimum absolute atomic E-state index is 0.0938. The zero-order valence-electron chi connectivity index (χ0n) is 11.4. The number of hydrogen-bond acceptors (Lipinski definition) is 5. The van der Waals surface area contributed by atoms with Crippen LogP contribution in [0.2, 0.25) is 0 Å². The van der Waals surface area contributed by atoms with Crippen molar-refractivity contribution < 1.29 is 9.90 Å². The maximum atomic E-state index is 11.8. The minimum atomic E-state index is -1.07. The molecular formula is C13H13N3O4S. The van der Waals surface area contributed by atoms with Crippen molar-refractivity contribution in [2.75, 3.05) is 0 Å². The van der Waals surface area contributed by atoms with Crippen LogP contribution in [0.25, 0.3) is 0 Å². The molecule has 2 heterocycles. The van der Waals surface area contributed by atoms with Gasteiger partial charge in [-0.1, -0.05) is 11.8 Å². The third-order valence-corrected chi connectivity index (χ3v) is 4.02. The normalized spacial score (nSPS) is 10.6. The van der Waals surface area contributed by atoms with Gasteiger partial charge in [0.2, 0.25) is 0 Å². The van der Waals surface area contributed by atoms with E-state index in [2.05, 4.69) is 4.98 Å². The lowest BCUT2D eigenvalue weighted by Crippen LogP contribution is -2.37. The number of pyridine rings is 1. The number of carboxylic acids is 1. The number of aromatic nitrogens is 3. The van der Waals surface area contributed by atoms with Gasteiger partial charge in [0, 0.05) is 37.8 Å². The summed E-state index contributed by atoms with van der Waals surface area (Å²) in [5.74, 6) is -0.789. The van der Waals surface area contributed by atoms with Gasteiger partial charge < -0.3 is 5.11 Å². The molecule has 0 spiro atoms. The van der Waals surface area contributed by atoms with E-state index >= 15 is 0 Å². The first-order valence-corrected chi connectivity index (χ1v) is 6.97. The predicted molar refractivity (Wildman–Crippen MR) is 77.7 cm³/mol. The largest absolute Gasteiger partial charge is 0.478 e. The second kappa shape index (κ2) is 5.96. The summed E-state index contributed by atoms with van der Waals surface area (Å²) in [6.07, 6.45) is 1.50. The number of thioether (sulfide) groups is 1. The highest BCUT2D eigenvalue weighted by atomic mass is 32.2. The molecule has 0 aliphatic rings. The number of aromatic carboxylic acids is 1. The van der Waals surface area contributed by atoms with E-state index in [1.54, 1.807) is 13.1 Å². The summed E-state index contributed by atoms with van der Waals surface area (Å²) in [6.45, 7) is 0. The minimum Gasteiger partial charge on any atom is -0.478 e. The molecule has 0 bridgehead atoms. The molecule has 0 fully saturated rings. The summed E-state index contributed by atoms with van der Waals surface area (Å²) in [7, 11) is 2.97. The summed E-state index contributed by atoms with van der Waals surface area (Å²) < 4.78 is 2.37. The summed E-state index contributed by atoms with van der Waals surface area (Å²) in [6, 6.07) is 4.36. The third-order valence-electron chi connectivity index (χ3n) is 2.98. The van der Waals surface area contributed by atoms with Gasteiger partial charge in [0.15, 0.2) is 0 Å². The van der Waals surface area contributed by atoms with Crippen molar-refractivity contribution in [1.29, 1.82) is 0 Å². The van der Waals surface area contributed by atoms with Crippen LogP contribution in [0, 0.1) is 0 Å². The highest BCUT2D eigenvalue weighted by molar-refractivity contribution is 7.98. The Hall–Kier alpha value is -2.35. The topological polar surface area (TPSA) is 94.2 Å². The molecule has 21 heavy (non-hydrogen) atoms. The number of carboxylic acid groups (broad SMARTS) is 1. The Bertz CT molecular complexity index is 810. The van der Waals surface area contributed by atoms with E-state index in [1.807, 2.05) is 0 Å². The molecule has 0 atom stereocenters. The molecule has 2 rings (SSSR count). The van der Waals surface area contributed by atoms with E-state index in [0.717, 1.165) is 4.57 Å². The fourth-order valence-corrected chi connectivity index (χ4v) is 2.74. The van der Waals surface area contributed by atoms with Gasteiger partial charge in [-0.25, -0.2) is 14.6 Å². The highest BCUT2D eigenvalue weighted by Gasteiger charge is 2.12. The monoisotopic (exact) mass is 307 g/mol. The van der Waals surface area contributed by atoms with E-state index in [9.17, 15) is 14.4 Å². The molecule has 0 aliphatic carbocycles. The Labute approximate surface area is 123 Å². The van der Waals surface area contributed by atoms with Crippen molar-refractivity contribution in [2.45, 2.75) is 10.8 Å². The average Bonchev–Trinajstić information content (AvgIpc) is 2.47. The maximum Gasteiger partial charge on any atom is 0.338 e. The zero-order chi connectivity index (χ0) is 15.6.